The molecule has 2 N–H and O–H groups in total. The Balaban J connectivity index is 1.98. The summed E-state index contributed by atoms with van der Waals surface area (Å²) in [6.07, 6.45) is 1.90. The molecule has 0 aliphatic carbocycles. The number of carbonyl (C=O) groups excluding carboxylic acids is 1. The van der Waals surface area contributed by atoms with Gasteiger partial charge in [0.05, 0.1) is 10.8 Å². The van der Waals surface area contributed by atoms with Crippen molar-refractivity contribution in [2.24, 2.45) is 5.92 Å². The van der Waals surface area contributed by atoms with E-state index in [0.29, 0.717) is 18.7 Å². The van der Waals surface area contributed by atoms with Crippen LogP contribution in [0.4, 0.5) is 5.69 Å². The molecule has 1 aliphatic heterocycles. The lowest BCUT2D eigenvalue weighted by Crippen LogP contribution is -2.40. The van der Waals surface area contributed by atoms with E-state index < -0.39 is 4.92 Å². The summed E-state index contributed by atoms with van der Waals surface area (Å²) in [5.41, 5.74) is 1.49. The number of nitrogens with zero attached hydrogens (tertiary/aromatic N) is 1. The highest BCUT2D eigenvalue weighted by atomic mass is 16.6. The van der Waals surface area contributed by atoms with Gasteiger partial charge >= 0.3 is 0 Å². The van der Waals surface area contributed by atoms with E-state index in [-0.39, 0.29) is 17.5 Å². The minimum absolute atomic E-state index is 0.00255. The highest BCUT2D eigenvalue weighted by molar-refractivity contribution is 5.79. The van der Waals surface area contributed by atoms with Crippen molar-refractivity contribution < 1.29 is 9.72 Å². The largest absolute Gasteiger partial charge is 0.352 e. The van der Waals surface area contributed by atoms with Gasteiger partial charge in [-0.05, 0) is 31.9 Å². The van der Waals surface area contributed by atoms with E-state index in [0.717, 1.165) is 24.9 Å². The Morgan fingerprint density at radius 3 is 3.00 bits per heavy atom. The second-order valence-electron chi connectivity index (χ2n) is 5.08. The number of nitro benzene ring substituents is 1. The van der Waals surface area contributed by atoms with Gasteiger partial charge in [0.25, 0.3) is 5.69 Å². The van der Waals surface area contributed by atoms with Gasteiger partial charge in [-0.1, -0.05) is 12.1 Å². The lowest BCUT2D eigenvalue weighted by atomic mass is 9.98. The van der Waals surface area contributed by atoms with Crippen LogP contribution in [0.2, 0.25) is 0 Å². The monoisotopic (exact) mass is 277 g/mol. The SMILES string of the molecule is Cc1c(CNC(=O)[C@@H]2CCCNC2)cccc1[N+](=O)[O-]. The molecular formula is C14H19N3O3. The maximum atomic E-state index is 12.0. The van der Waals surface area contributed by atoms with Crippen LogP contribution in [0.1, 0.15) is 24.0 Å². The molecule has 0 saturated carbocycles. The van der Waals surface area contributed by atoms with Crippen LogP contribution in [0.25, 0.3) is 0 Å². The third-order valence-corrected chi connectivity index (χ3v) is 3.73. The molecule has 1 amide bonds. The number of carbonyl (C=O) groups is 1. The Hall–Kier alpha value is -1.95. The molecule has 6 heteroatoms. The quantitative estimate of drug-likeness (QED) is 0.645. The molecule has 20 heavy (non-hydrogen) atoms. The Kier molecular flexibility index (Phi) is 4.68. The van der Waals surface area contributed by atoms with Crippen molar-refractivity contribution in [3.05, 3.63) is 39.4 Å². The van der Waals surface area contributed by atoms with Gasteiger partial charge in [0.1, 0.15) is 0 Å². The summed E-state index contributed by atoms with van der Waals surface area (Å²) in [6.45, 7) is 3.72. The number of amides is 1. The fraction of sp³-hybridized carbons (Fsp3) is 0.500. The summed E-state index contributed by atoms with van der Waals surface area (Å²) in [4.78, 5) is 22.5. The standard InChI is InChI=1S/C14H19N3O3/c1-10-11(4-2-6-13(10)17(19)20)9-16-14(18)12-5-3-7-15-8-12/h2,4,6,12,15H,3,5,7-9H2,1H3,(H,16,18)/t12-/m1/s1. The summed E-state index contributed by atoms with van der Waals surface area (Å²) in [6, 6.07) is 4.93. The lowest BCUT2D eigenvalue weighted by Gasteiger charge is -2.22. The predicted molar refractivity (Wildman–Crippen MR) is 75.3 cm³/mol. The number of nitro groups is 1. The maximum Gasteiger partial charge on any atom is 0.272 e. The molecule has 1 aliphatic rings. The van der Waals surface area contributed by atoms with E-state index in [9.17, 15) is 14.9 Å². The van der Waals surface area contributed by atoms with Crippen LogP contribution in [-0.2, 0) is 11.3 Å². The van der Waals surface area contributed by atoms with Gasteiger partial charge in [0.15, 0.2) is 0 Å². The molecule has 1 fully saturated rings. The molecule has 1 saturated heterocycles. The Labute approximate surface area is 117 Å². The molecule has 0 aromatic heterocycles. The number of piperidine rings is 1. The first-order valence-corrected chi connectivity index (χ1v) is 6.81. The van der Waals surface area contributed by atoms with Gasteiger partial charge < -0.3 is 10.6 Å². The first-order chi connectivity index (χ1) is 9.59. The number of benzene rings is 1. The van der Waals surface area contributed by atoms with Crippen LogP contribution in [-0.4, -0.2) is 23.9 Å². The van der Waals surface area contributed by atoms with Gasteiger partial charge in [0.2, 0.25) is 5.91 Å². The zero-order valence-corrected chi connectivity index (χ0v) is 11.5. The third-order valence-electron chi connectivity index (χ3n) is 3.73. The Bertz CT molecular complexity index is 510. The van der Waals surface area contributed by atoms with Crippen LogP contribution in [0.15, 0.2) is 18.2 Å². The molecule has 0 bridgehead atoms. The van der Waals surface area contributed by atoms with Gasteiger partial charge in [-0.2, -0.15) is 0 Å². The third kappa shape index (κ3) is 3.33. The lowest BCUT2D eigenvalue weighted by molar-refractivity contribution is -0.385. The smallest absolute Gasteiger partial charge is 0.272 e. The van der Waals surface area contributed by atoms with Crippen molar-refractivity contribution in [2.75, 3.05) is 13.1 Å². The van der Waals surface area contributed by atoms with E-state index in [1.807, 2.05) is 6.07 Å². The van der Waals surface area contributed by atoms with E-state index in [4.69, 9.17) is 0 Å². The highest BCUT2D eigenvalue weighted by Gasteiger charge is 2.21. The molecule has 1 heterocycles. The van der Waals surface area contributed by atoms with Crippen LogP contribution in [0.3, 0.4) is 0 Å². The van der Waals surface area contributed by atoms with Crippen LogP contribution in [0.5, 0.6) is 0 Å². The first-order valence-electron chi connectivity index (χ1n) is 6.81. The summed E-state index contributed by atoms with van der Waals surface area (Å²) in [7, 11) is 0. The van der Waals surface area contributed by atoms with E-state index in [2.05, 4.69) is 10.6 Å². The van der Waals surface area contributed by atoms with E-state index >= 15 is 0 Å². The number of hydrogen-bond donors (Lipinski definition) is 2. The first kappa shape index (κ1) is 14.5. The maximum absolute atomic E-state index is 12.0. The summed E-state index contributed by atoms with van der Waals surface area (Å²) in [5.74, 6) is 0.0193. The second-order valence-corrected chi connectivity index (χ2v) is 5.08. The van der Waals surface area contributed by atoms with Crippen LogP contribution >= 0.6 is 0 Å². The average Bonchev–Trinajstić information content (AvgIpc) is 2.46. The minimum Gasteiger partial charge on any atom is -0.352 e. The molecule has 108 valence electrons. The molecule has 0 spiro atoms. The molecule has 1 atom stereocenters. The van der Waals surface area contributed by atoms with E-state index in [1.165, 1.54) is 6.07 Å². The normalized spacial score (nSPS) is 18.6. The molecule has 0 radical (unpaired) electrons. The van der Waals surface area contributed by atoms with Gasteiger partial charge in [-0.25, -0.2) is 0 Å². The minimum atomic E-state index is -0.397. The fourth-order valence-electron chi connectivity index (χ4n) is 2.46. The molecular weight excluding hydrogens is 258 g/mol. The highest BCUT2D eigenvalue weighted by Crippen LogP contribution is 2.21. The molecule has 2 rings (SSSR count). The molecule has 6 nitrogen and oxygen atoms in total. The average molecular weight is 277 g/mol. The van der Waals surface area contributed by atoms with E-state index in [1.54, 1.807) is 13.0 Å². The number of hydrogen-bond acceptors (Lipinski definition) is 4. The van der Waals surface area contributed by atoms with Crippen molar-refractivity contribution in [1.82, 2.24) is 10.6 Å². The number of rotatable bonds is 4. The molecule has 0 unspecified atom stereocenters. The summed E-state index contributed by atoms with van der Waals surface area (Å²) in [5, 5.41) is 16.9. The van der Waals surface area contributed by atoms with Crippen molar-refractivity contribution in [3.63, 3.8) is 0 Å². The van der Waals surface area contributed by atoms with Crippen molar-refractivity contribution in [2.45, 2.75) is 26.3 Å². The van der Waals surface area contributed by atoms with Crippen molar-refractivity contribution >= 4 is 11.6 Å². The Morgan fingerprint density at radius 1 is 1.55 bits per heavy atom. The van der Waals surface area contributed by atoms with Gasteiger partial charge in [0, 0.05) is 24.7 Å². The topological polar surface area (TPSA) is 84.3 Å². The zero-order chi connectivity index (χ0) is 14.5. The van der Waals surface area contributed by atoms with Crippen molar-refractivity contribution in [1.29, 1.82) is 0 Å². The number of nitrogens with one attached hydrogen (secondary N) is 2. The van der Waals surface area contributed by atoms with Gasteiger partial charge in [-0.15, -0.1) is 0 Å². The van der Waals surface area contributed by atoms with Crippen molar-refractivity contribution in [3.8, 4) is 0 Å². The zero-order valence-electron chi connectivity index (χ0n) is 11.5. The molecule has 1 aromatic carbocycles. The fourth-order valence-corrected chi connectivity index (χ4v) is 2.46. The van der Waals surface area contributed by atoms with Crippen LogP contribution in [0, 0.1) is 23.0 Å². The summed E-state index contributed by atoms with van der Waals surface area (Å²) < 4.78 is 0. The Morgan fingerprint density at radius 2 is 2.35 bits per heavy atom. The predicted octanol–water partition coefficient (Wildman–Crippen LogP) is 1.52. The van der Waals surface area contributed by atoms with Gasteiger partial charge in [-0.3, -0.25) is 14.9 Å². The van der Waals surface area contributed by atoms with Crippen LogP contribution < -0.4 is 10.6 Å². The molecule has 1 aromatic rings. The summed E-state index contributed by atoms with van der Waals surface area (Å²) >= 11 is 0. The second kappa shape index (κ2) is 6.47.